The van der Waals surface area contributed by atoms with E-state index in [2.05, 4.69) is 0 Å². The molecular formula is C17H20N2O4. The van der Waals surface area contributed by atoms with E-state index in [1.165, 1.54) is 4.90 Å². The van der Waals surface area contributed by atoms with Crippen molar-refractivity contribution in [2.24, 2.45) is 5.41 Å². The number of carboxylic acid groups (broad SMARTS) is 1. The minimum Gasteiger partial charge on any atom is -0.479 e. The van der Waals surface area contributed by atoms with Crippen molar-refractivity contribution < 1.29 is 19.4 Å². The Labute approximate surface area is 135 Å². The Kier molecular flexibility index (Phi) is 4.44. The summed E-state index contributed by atoms with van der Waals surface area (Å²) in [4.78, 5) is 24.9. The van der Waals surface area contributed by atoms with Crippen LogP contribution in [0.3, 0.4) is 0 Å². The van der Waals surface area contributed by atoms with Crippen molar-refractivity contribution in [3.8, 4) is 6.07 Å². The minimum atomic E-state index is -1.46. The number of carbonyl (C=O) groups is 2. The monoisotopic (exact) mass is 316 g/mol. The topological polar surface area (TPSA) is 90.6 Å². The second-order valence-corrected chi connectivity index (χ2v) is 6.87. The summed E-state index contributed by atoms with van der Waals surface area (Å²) >= 11 is 0. The third kappa shape index (κ3) is 3.06. The van der Waals surface area contributed by atoms with Gasteiger partial charge in [-0.25, -0.2) is 4.79 Å². The fraction of sp³-hybridized carbons (Fsp3) is 0.471. The Morgan fingerprint density at radius 1 is 1.57 bits per heavy atom. The van der Waals surface area contributed by atoms with Crippen LogP contribution in [0, 0.1) is 16.7 Å². The standard InChI is InChI=1S/C17H20N2O4/c1-16(2,3)14-19(11-20)17(10-23-14,15(21)22)8-12-5-4-6-13(7-12)9-18/h4-7,11,14H,8,10H2,1-3H3,(H,21,22). The largest absolute Gasteiger partial charge is 0.479 e. The van der Waals surface area contributed by atoms with Crippen LogP contribution in [0.5, 0.6) is 0 Å². The summed E-state index contributed by atoms with van der Waals surface area (Å²) in [5.41, 5.74) is -0.746. The zero-order valence-corrected chi connectivity index (χ0v) is 13.4. The molecule has 6 nitrogen and oxygen atoms in total. The van der Waals surface area contributed by atoms with Crippen LogP contribution < -0.4 is 0 Å². The zero-order valence-electron chi connectivity index (χ0n) is 13.4. The highest BCUT2D eigenvalue weighted by Crippen LogP contribution is 2.38. The van der Waals surface area contributed by atoms with E-state index in [4.69, 9.17) is 10.00 Å². The van der Waals surface area contributed by atoms with Crippen LogP contribution in [0.1, 0.15) is 31.9 Å². The van der Waals surface area contributed by atoms with E-state index in [9.17, 15) is 14.7 Å². The van der Waals surface area contributed by atoms with Crippen molar-refractivity contribution in [2.45, 2.75) is 39.0 Å². The van der Waals surface area contributed by atoms with Gasteiger partial charge in [0.05, 0.1) is 18.2 Å². The van der Waals surface area contributed by atoms with Gasteiger partial charge in [-0.2, -0.15) is 5.26 Å². The Bertz CT molecular complexity index is 659. The molecular weight excluding hydrogens is 296 g/mol. The Hall–Kier alpha value is -2.39. The van der Waals surface area contributed by atoms with Crippen molar-refractivity contribution in [3.63, 3.8) is 0 Å². The number of carbonyl (C=O) groups excluding carboxylic acids is 1. The molecule has 1 N–H and O–H groups in total. The van der Waals surface area contributed by atoms with Crippen LogP contribution in [0.4, 0.5) is 0 Å². The van der Waals surface area contributed by atoms with Gasteiger partial charge < -0.3 is 9.84 Å². The number of carboxylic acids is 1. The van der Waals surface area contributed by atoms with Crippen LogP contribution in [-0.4, -0.2) is 40.8 Å². The lowest BCUT2D eigenvalue weighted by Gasteiger charge is -2.37. The predicted molar refractivity (Wildman–Crippen MR) is 82.3 cm³/mol. The number of benzene rings is 1. The van der Waals surface area contributed by atoms with Crippen LogP contribution in [0.15, 0.2) is 24.3 Å². The van der Waals surface area contributed by atoms with E-state index in [0.717, 1.165) is 0 Å². The second kappa shape index (κ2) is 6.01. The lowest BCUT2D eigenvalue weighted by atomic mass is 9.87. The fourth-order valence-corrected chi connectivity index (χ4v) is 2.90. The summed E-state index contributed by atoms with van der Waals surface area (Å²) in [7, 11) is 0. The van der Waals surface area contributed by atoms with E-state index in [-0.39, 0.29) is 13.0 Å². The first-order valence-corrected chi connectivity index (χ1v) is 7.32. The SMILES string of the molecule is CC(C)(C)C1OCC(Cc2cccc(C#N)c2)(C(=O)O)N1C=O. The Morgan fingerprint density at radius 2 is 2.26 bits per heavy atom. The molecule has 0 saturated carbocycles. The van der Waals surface area contributed by atoms with Gasteiger partial charge in [-0.1, -0.05) is 32.9 Å². The molecule has 1 heterocycles. The molecule has 1 aliphatic rings. The average Bonchev–Trinajstić information content (AvgIpc) is 2.87. The summed E-state index contributed by atoms with van der Waals surface area (Å²) in [5, 5.41) is 18.8. The predicted octanol–water partition coefficient (Wildman–Crippen LogP) is 1.78. The first-order chi connectivity index (χ1) is 10.7. The highest BCUT2D eigenvalue weighted by atomic mass is 16.5. The number of hydrogen-bond acceptors (Lipinski definition) is 4. The van der Waals surface area contributed by atoms with Crippen molar-refractivity contribution in [1.82, 2.24) is 4.90 Å². The van der Waals surface area contributed by atoms with Crippen molar-refractivity contribution in [3.05, 3.63) is 35.4 Å². The van der Waals surface area contributed by atoms with Gasteiger partial charge in [-0.15, -0.1) is 0 Å². The molecule has 1 saturated heterocycles. The molecule has 1 aromatic carbocycles. The van der Waals surface area contributed by atoms with Crippen LogP contribution in [0.25, 0.3) is 0 Å². The molecule has 23 heavy (non-hydrogen) atoms. The van der Waals surface area contributed by atoms with Gasteiger partial charge in [-0.3, -0.25) is 9.69 Å². The summed E-state index contributed by atoms with van der Waals surface area (Å²) < 4.78 is 5.68. The van der Waals surface area contributed by atoms with E-state index in [1.54, 1.807) is 24.3 Å². The maximum atomic E-state index is 12.0. The van der Waals surface area contributed by atoms with Crippen LogP contribution in [0.2, 0.25) is 0 Å². The first kappa shape index (κ1) is 17.0. The molecule has 2 unspecified atom stereocenters. The third-order valence-corrected chi connectivity index (χ3v) is 4.03. The molecule has 2 atom stereocenters. The van der Waals surface area contributed by atoms with Gasteiger partial charge in [0, 0.05) is 11.8 Å². The molecule has 0 radical (unpaired) electrons. The molecule has 2 rings (SSSR count). The number of ether oxygens (including phenoxy) is 1. The van der Waals surface area contributed by atoms with E-state index < -0.39 is 23.2 Å². The number of nitrogens with zero attached hydrogens (tertiary/aromatic N) is 2. The Morgan fingerprint density at radius 3 is 2.78 bits per heavy atom. The van der Waals surface area contributed by atoms with Gasteiger partial charge in [0.1, 0.15) is 6.23 Å². The number of nitriles is 1. The fourth-order valence-electron chi connectivity index (χ4n) is 2.90. The molecule has 1 aromatic rings. The molecule has 0 aliphatic carbocycles. The minimum absolute atomic E-state index is 0.0835. The smallest absolute Gasteiger partial charge is 0.332 e. The number of aliphatic carboxylic acids is 1. The molecule has 122 valence electrons. The normalized spacial score (nSPS) is 24.3. The van der Waals surface area contributed by atoms with Gasteiger partial charge in [-0.05, 0) is 17.7 Å². The first-order valence-electron chi connectivity index (χ1n) is 7.32. The van der Waals surface area contributed by atoms with Crippen LogP contribution >= 0.6 is 0 Å². The lowest BCUT2D eigenvalue weighted by molar-refractivity contribution is -0.155. The third-order valence-electron chi connectivity index (χ3n) is 4.03. The molecule has 0 spiro atoms. The van der Waals surface area contributed by atoms with Gasteiger partial charge in [0.2, 0.25) is 6.41 Å². The number of rotatable bonds is 4. The summed E-state index contributed by atoms with van der Waals surface area (Å²) in [5.74, 6) is -1.11. The number of hydrogen-bond donors (Lipinski definition) is 1. The van der Waals surface area contributed by atoms with Crippen LogP contribution in [-0.2, 0) is 20.7 Å². The zero-order chi connectivity index (χ0) is 17.3. The van der Waals surface area contributed by atoms with E-state index in [1.807, 2.05) is 26.8 Å². The molecule has 0 aromatic heterocycles. The second-order valence-electron chi connectivity index (χ2n) is 6.87. The molecule has 0 bridgehead atoms. The summed E-state index contributed by atoms with van der Waals surface area (Å²) in [6.07, 6.45) is 0.0178. The van der Waals surface area contributed by atoms with E-state index in [0.29, 0.717) is 17.5 Å². The summed E-state index contributed by atoms with van der Waals surface area (Å²) in [6.45, 7) is 5.59. The maximum absolute atomic E-state index is 12.0. The quantitative estimate of drug-likeness (QED) is 0.855. The van der Waals surface area contributed by atoms with Gasteiger partial charge in [0.15, 0.2) is 5.54 Å². The molecule has 1 fully saturated rings. The lowest BCUT2D eigenvalue weighted by Crippen LogP contribution is -2.57. The molecule has 1 aliphatic heterocycles. The highest BCUT2D eigenvalue weighted by molar-refractivity contribution is 5.83. The highest BCUT2D eigenvalue weighted by Gasteiger charge is 2.55. The van der Waals surface area contributed by atoms with Crippen molar-refractivity contribution in [2.75, 3.05) is 6.61 Å². The Balaban J connectivity index is 2.42. The molecule has 1 amide bonds. The summed E-state index contributed by atoms with van der Waals surface area (Å²) in [6, 6.07) is 8.77. The van der Waals surface area contributed by atoms with Crippen molar-refractivity contribution in [1.29, 1.82) is 5.26 Å². The van der Waals surface area contributed by atoms with Crippen molar-refractivity contribution >= 4 is 12.4 Å². The van der Waals surface area contributed by atoms with E-state index >= 15 is 0 Å². The average molecular weight is 316 g/mol. The molecule has 6 heteroatoms. The number of amides is 1. The van der Waals surface area contributed by atoms with Gasteiger partial charge >= 0.3 is 5.97 Å². The van der Waals surface area contributed by atoms with Gasteiger partial charge in [0.25, 0.3) is 0 Å². The maximum Gasteiger partial charge on any atom is 0.332 e.